The van der Waals surface area contributed by atoms with E-state index in [9.17, 15) is 0 Å². The van der Waals surface area contributed by atoms with Gasteiger partial charge in [0.25, 0.3) is 0 Å². The number of hydrogen-bond acceptors (Lipinski definition) is 2. The van der Waals surface area contributed by atoms with Gasteiger partial charge in [-0.05, 0) is 17.7 Å². The lowest BCUT2D eigenvalue weighted by Crippen LogP contribution is -2.13. The van der Waals surface area contributed by atoms with Crippen LogP contribution in [0.15, 0.2) is 54.1 Å². The van der Waals surface area contributed by atoms with Crippen molar-refractivity contribution in [2.75, 3.05) is 6.66 Å². The van der Waals surface area contributed by atoms with Gasteiger partial charge in [0.2, 0.25) is 8.38 Å². The maximum Gasteiger partial charge on any atom is 0.227 e. The molecule has 1 aromatic rings. The first-order valence-corrected chi connectivity index (χ1v) is 7.19. The van der Waals surface area contributed by atoms with Crippen LogP contribution in [0, 0.1) is 0 Å². The first-order valence-electron chi connectivity index (χ1n) is 5.57. The highest BCUT2D eigenvalue weighted by atomic mass is 31.2. The number of para-hydroxylation sites is 1. The van der Waals surface area contributed by atoms with E-state index < -0.39 is 8.38 Å². The van der Waals surface area contributed by atoms with Gasteiger partial charge < -0.3 is 9.05 Å². The van der Waals surface area contributed by atoms with Crippen LogP contribution in [-0.4, -0.2) is 12.8 Å². The molecule has 2 unspecified atom stereocenters. The van der Waals surface area contributed by atoms with Crippen LogP contribution in [0.2, 0.25) is 0 Å². The van der Waals surface area contributed by atoms with Crippen LogP contribution in [0.4, 0.5) is 0 Å². The average molecular weight is 244 g/mol. The molecule has 0 bridgehead atoms. The topological polar surface area (TPSA) is 18.5 Å². The predicted octanol–water partition coefficient (Wildman–Crippen LogP) is 3.92. The molecular formula is C14H13O2P. The van der Waals surface area contributed by atoms with Crippen molar-refractivity contribution in [2.45, 2.75) is 6.10 Å². The molecule has 1 aliphatic heterocycles. The monoisotopic (exact) mass is 244 g/mol. The van der Waals surface area contributed by atoms with Crippen LogP contribution < -0.4 is 4.52 Å². The summed E-state index contributed by atoms with van der Waals surface area (Å²) in [6.07, 6.45) is 10.3. The minimum absolute atomic E-state index is 0.0180. The Hall–Kier alpha value is -1.37. The zero-order valence-electron chi connectivity index (χ0n) is 9.54. The van der Waals surface area contributed by atoms with Gasteiger partial charge in [-0.15, -0.1) is 0 Å². The molecule has 0 saturated heterocycles. The van der Waals surface area contributed by atoms with Crippen LogP contribution >= 0.6 is 8.38 Å². The Balaban J connectivity index is 2.09. The van der Waals surface area contributed by atoms with Crippen LogP contribution in [0.1, 0.15) is 5.56 Å². The summed E-state index contributed by atoms with van der Waals surface area (Å²) >= 11 is 0. The van der Waals surface area contributed by atoms with Crippen molar-refractivity contribution in [1.82, 2.24) is 0 Å². The summed E-state index contributed by atoms with van der Waals surface area (Å²) in [6, 6.07) is 8.06. The van der Waals surface area contributed by atoms with Crippen LogP contribution in [0.5, 0.6) is 5.75 Å². The molecule has 17 heavy (non-hydrogen) atoms. The van der Waals surface area contributed by atoms with E-state index in [0.717, 1.165) is 11.3 Å². The number of hydrogen-bond donors (Lipinski definition) is 0. The number of fused-ring (bicyclic) bond motifs is 2. The molecule has 0 radical (unpaired) electrons. The van der Waals surface area contributed by atoms with Crippen LogP contribution in [-0.2, 0) is 4.52 Å². The molecular weight excluding hydrogens is 231 g/mol. The summed E-state index contributed by atoms with van der Waals surface area (Å²) in [7, 11) is -0.891. The SMILES string of the molecule is CP1Oc2ccccc2/C=C2/C=CC=CC2O1. The zero-order valence-corrected chi connectivity index (χ0v) is 10.4. The van der Waals surface area contributed by atoms with E-state index in [1.165, 1.54) is 5.57 Å². The van der Waals surface area contributed by atoms with Gasteiger partial charge in [-0.25, -0.2) is 0 Å². The third-order valence-corrected chi connectivity index (χ3v) is 3.72. The lowest BCUT2D eigenvalue weighted by atomic mass is 10.0. The molecule has 0 saturated carbocycles. The molecule has 0 spiro atoms. The fourth-order valence-corrected chi connectivity index (χ4v) is 2.94. The fraction of sp³-hybridized carbons (Fsp3) is 0.143. The van der Waals surface area contributed by atoms with E-state index in [4.69, 9.17) is 9.05 Å². The Morgan fingerprint density at radius 1 is 1.18 bits per heavy atom. The molecule has 3 heteroatoms. The first-order chi connectivity index (χ1) is 8.33. The minimum Gasteiger partial charge on any atom is -0.447 e. The lowest BCUT2D eigenvalue weighted by Gasteiger charge is -2.25. The molecule has 1 heterocycles. The Kier molecular flexibility index (Phi) is 2.84. The maximum absolute atomic E-state index is 5.89. The molecule has 0 amide bonds. The van der Waals surface area contributed by atoms with Crippen molar-refractivity contribution < 1.29 is 9.05 Å². The molecule has 1 aromatic carbocycles. The first kappa shape index (κ1) is 10.8. The lowest BCUT2D eigenvalue weighted by molar-refractivity contribution is 0.288. The van der Waals surface area contributed by atoms with Crippen molar-refractivity contribution in [2.24, 2.45) is 0 Å². The molecule has 1 aliphatic carbocycles. The molecule has 2 nitrogen and oxygen atoms in total. The van der Waals surface area contributed by atoms with E-state index in [-0.39, 0.29) is 6.10 Å². The minimum atomic E-state index is -0.891. The van der Waals surface area contributed by atoms with Gasteiger partial charge in [0, 0.05) is 12.2 Å². The van der Waals surface area contributed by atoms with Crippen LogP contribution in [0.25, 0.3) is 6.08 Å². The summed E-state index contributed by atoms with van der Waals surface area (Å²) in [5, 5.41) is 0. The molecule has 3 rings (SSSR count). The van der Waals surface area contributed by atoms with E-state index in [2.05, 4.69) is 24.3 Å². The second-order valence-corrected chi connectivity index (χ2v) is 5.26. The molecule has 0 fully saturated rings. The quantitative estimate of drug-likeness (QED) is 0.644. The average Bonchev–Trinajstić information content (AvgIpc) is 2.31. The summed E-state index contributed by atoms with van der Waals surface area (Å²) in [5.74, 6) is 0.898. The van der Waals surface area contributed by atoms with Gasteiger partial charge in [0.05, 0.1) is 0 Å². The molecule has 2 atom stereocenters. The Labute approximate surface area is 102 Å². The van der Waals surface area contributed by atoms with E-state index in [1.807, 2.05) is 37.0 Å². The largest absolute Gasteiger partial charge is 0.447 e. The summed E-state index contributed by atoms with van der Waals surface area (Å²) in [6.45, 7) is 1.99. The highest BCUT2D eigenvalue weighted by Gasteiger charge is 2.21. The van der Waals surface area contributed by atoms with Gasteiger partial charge in [0.15, 0.2) is 0 Å². The van der Waals surface area contributed by atoms with Crippen LogP contribution in [0.3, 0.4) is 0 Å². The second-order valence-electron chi connectivity index (χ2n) is 3.98. The van der Waals surface area contributed by atoms with Gasteiger partial charge in [-0.1, -0.05) is 42.5 Å². The predicted molar refractivity (Wildman–Crippen MR) is 71.0 cm³/mol. The molecule has 0 aromatic heterocycles. The number of rotatable bonds is 0. The third kappa shape index (κ3) is 2.19. The van der Waals surface area contributed by atoms with E-state index >= 15 is 0 Å². The van der Waals surface area contributed by atoms with Crippen molar-refractivity contribution in [1.29, 1.82) is 0 Å². The highest BCUT2D eigenvalue weighted by molar-refractivity contribution is 7.46. The molecule has 2 aliphatic rings. The standard InChI is InChI=1S/C14H13O2P/c1-17-15-13-8-4-2-6-11(13)10-12-7-3-5-9-14(12)16-17/h2-10,13H,1H3/b11-10-. The van der Waals surface area contributed by atoms with Crippen molar-refractivity contribution in [3.63, 3.8) is 0 Å². The third-order valence-electron chi connectivity index (χ3n) is 2.74. The van der Waals surface area contributed by atoms with Gasteiger partial charge in [-0.3, -0.25) is 0 Å². The smallest absolute Gasteiger partial charge is 0.227 e. The highest BCUT2D eigenvalue weighted by Crippen LogP contribution is 2.43. The van der Waals surface area contributed by atoms with Crippen molar-refractivity contribution in [3.05, 3.63) is 59.7 Å². The molecule has 86 valence electrons. The zero-order chi connectivity index (χ0) is 11.7. The summed E-state index contributed by atoms with van der Waals surface area (Å²) in [4.78, 5) is 0. The molecule has 0 N–H and O–H groups in total. The number of allylic oxidation sites excluding steroid dienone is 2. The summed E-state index contributed by atoms with van der Waals surface area (Å²) < 4.78 is 11.7. The van der Waals surface area contributed by atoms with Gasteiger partial charge >= 0.3 is 0 Å². The summed E-state index contributed by atoms with van der Waals surface area (Å²) in [5.41, 5.74) is 2.29. The van der Waals surface area contributed by atoms with Gasteiger partial charge in [-0.2, -0.15) is 0 Å². The van der Waals surface area contributed by atoms with Crippen molar-refractivity contribution >= 4 is 14.5 Å². The fourth-order valence-electron chi connectivity index (χ4n) is 1.95. The Morgan fingerprint density at radius 2 is 2.06 bits per heavy atom. The second kappa shape index (κ2) is 4.48. The Morgan fingerprint density at radius 3 is 3.00 bits per heavy atom. The van der Waals surface area contributed by atoms with Crippen molar-refractivity contribution in [3.8, 4) is 5.75 Å². The van der Waals surface area contributed by atoms with E-state index in [0.29, 0.717) is 0 Å². The normalized spacial score (nSPS) is 29.1. The maximum atomic E-state index is 5.89. The van der Waals surface area contributed by atoms with E-state index in [1.54, 1.807) is 0 Å². The Bertz CT molecular complexity index is 517. The number of benzene rings is 1. The van der Waals surface area contributed by atoms with Gasteiger partial charge in [0.1, 0.15) is 11.9 Å².